The molecular weight excluding hydrogens is 402 g/mol. The molecule has 32 heavy (non-hydrogen) atoms. The van der Waals surface area contributed by atoms with Crippen molar-refractivity contribution in [1.29, 1.82) is 0 Å². The molecule has 3 aliphatic heterocycles. The van der Waals surface area contributed by atoms with Crippen molar-refractivity contribution in [2.75, 3.05) is 20.3 Å². The van der Waals surface area contributed by atoms with Crippen molar-refractivity contribution < 1.29 is 19.3 Å². The third kappa shape index (κ3) is 4.02. The monoisotopic (exact) mass is 437 g/mol. The number of rotatable bonds is 6. The quantitative estimate of drug-likeness (QED) is 0.701. The zero-order chi connectivity index (χ0) is 22.1. The maximum atomic E-state index is 10.6. The van der Waals surface area contributed by atoms with Gasteiger partial charge in [0.25, 0.3) is 0 Å². The molecule has 0 radical (unpaired) electrons. The number of benzene rings is 2. The second-order valence-corrected chi connectivity index (χ2v) is 9.59. The Labute approximate surface area is 191 Å². The lowest BCUT2D eigenvalue weighted by Gasteiger charge is -2.40. The van der Waals surface area contributed by atoms with E-state index in [9.17, 15) is 5.11 Å². The lowest BCUT2D eigenvalue weighted by molar-refractivity contribution is -0.0716. The molecule has 3 heterocycles. The van der Waals surface area contributed by atoms with Crippen LogP contribution in [0.2, 0.25) is 0 Å². The Bertz CT molecular complexity index is 917. The Balaban J connectivity index is 1.47. The molecular formula is C27H35NO4. The molecule has 2 aromatic carbocycles. The Hall–Kier alpha value is -2.08. The summed E-state index contributed by atoms with van der Waals surface area (Å²) in [5.74, 6) is 1.90. The van der Waals surface area contributed by atoms with Gasteiger partial charge < -0.3 is 24.6 Å². The van der Waals surface area contributed by atoms with Crippen molar-refractivity contribution >= 4 is 0 Å². The van der Waals surface area contributed by atoms with Gasteiger partial charge in [0, 0.05) is 30.6 Å². The normalized spacial score (nSPS) is 31.2. The molecule has 0 saturated carbocycles. The summed E-state index contributed by atoms with van der Waals surface area (Å²) in [5.41, 5.74) is 3.71. The van der Waals surface area contributed by atoms with Crippen molar-refractivity contribution in [3.05, 3.63) is 59.2 Å². The van der Waals surface area contributed by atoms with Crippen LogP contribution in [0, 0.1) is 11.8 Å². The Morgan fingerprint density at radius 3 is 2.75 bits per heavy atom. The van der Waals surface area contributed by atoms with Crippen molar-refractivity contribution in [1.82, 2.24) is 5.32 Å². The fraction of sp³-hybridized carbons (Fsp3) is 0.556. The van der Waals surface area contributed by atoms with Crippen molar-refractivity contribution in [3.63, 3.8) is 0 Å². The van der Waals surface area contributed by atoms with E-state index >= 15 is 0 Å². The van der Waals surface area contributed by atoms with Gasteiger partial charge in [-0.3, -0.25) is 0 Å². The van der Waals surface area contributed by atoms with Gasteiger partial charge in [-0.15, -0.1) is 0 Å². The van der Waals surface area contributed by atoms with E-state index in [0.717, 1.165) is 32.2 Å². The highest BCUT2D eigenvalue weighted by Crippen LogP contribution is 2.51. The van der Waals surface area contributed by atoms with Gasteiger partial charge in [-0.05, 0) is 48.9 Å². The van der Waals surface area contributed by atoms with Crippen LogP contribution in [0.4, 0.5) is 0 Å². The Morgan fingerprint density at radius 1 is 1.12 bits per heavy atom. The van der Waals surface area contributed by atoms with E-state index in [1.54, 1.807) is 13.2 Å². The van der Waals surface area contributed by atoms with E-state index in [1.165, 1.54) is 16.7 Å². The molecule has 1 fully saturated rings. The number of aromatic hydroxyl groups is 1. The van der Waals surface area contributed by atoms with Gasteiger partial charge in [0.1, 0.15) is 6.10 Å². The summed E-state index contributed by atoms with van der Waals surface area (Å²) in [4.78, 5) is 0. The summed E-state index contributed by atoms with van der Waals surface area (Å²) < 4.78 is 18.9. The number of ether oxygens (including phenoxy) is 3. The van der Waals surface area contributed by atoms with Crippen LogP contribution >= 0.6 is 0 Å². The largest absolute Gasteiger partial charge is 0.504 e. The molecule has 5 heteroatoms. The van der Waals surface area contributed by atoms with E-state index < -0.39 is 0 Å². The fourth-order valence-corrected chi connectivity index (χ4v) is 6.19. The maximum Gasteiger partial charge on any atom is 0.165 e. The third-order valence-corrected chi connectivity index (χ3v) is 7.79. The number of nitrogens with one attached hydrogen (secondary N) is 1. The molecule has 2 N–H and O–H groups in total. The van der Waals surface area contributed by atoms with Gasteiger partial charge in [0.05, 0.1) is 19.3 Å². The average Bonchev–Trinajstić information content (AvgIpc) is 3.17. The summed E-state index contributed by atoms with van der Waals surface area (Å²) in [6.07, 6.45) is 3.91. The molecule has 2 aromatic rings. The first-order chi connectivity index (χ1) is 15.7. The van der Waals surface area contributed by atoms with Gasteiger partial charge in [-0.2, -0.15) is 0 Å². The molecule has 1 saturated heterocycles. The van der Waals surface area contributed by atoms with Gasteiger partial charge in [0.15, 0.2) is 11.5 Å². The topological polar surface area (TPSA) is 60.0 Å². The van der Waals surface area contributed by atoms with Gasteiger partial charge >= 0.3 is 0 Å². The van der Waals surface area contributed by atoms with Crippen LogP contribution in [0.25, 0.3) is 0 Å². The highest BCUT2D eigenvalue weighted by atomic mass is 16.5. The summed E-state index contributed by atoms with van der Waals surface area (Å²) in [5, 5.41) is 14.5. The summed E-state index contributed by atoms with van der Waals surface area (Å²) >= 11 is 0. The van der Waals surface area contributed by atoms with Crippen LogP contribution in [-0.4, -0.2) is 43.6 Å². The molecule has 5 nitrogen and oxygen atoms in total. The number of hydrogen-bond donors (Lipinski definition) is 2. The molecule has 4 bridgehead atoms. The minimum atomic E-state index is -0.110. The molecule has 6 rings (SSSR count). The predicted octanol–water partition coefficient (Wildman–Crippen LogP) is 4.42. The fourth-order valence-electron chi connectivity index (χ4n) is 6.19. The second kappa shape index (κ2) is 9.42. The number of phenols is 1. The van der Waals surface area contributed by atoms with E-state index in [1.807, 2.05) is 18.2 Å². The van der Waals surface area contributed by atoms with E-state index in [4.69, 9.17) is 14.2 Å². The van der Waals surface area contributed by atoms with Crippen molar-refractivity contribution in [2.24, 2.45) is 11.8 Å². The Kier molecular flexibility index (Phi) is 6.40. The first-order valence-corrected chi connectivity index (χ1v) is 12.1. The molecule has 0 aromatic heterocycles. The Morgan fingerprint density at radius 2 is 1.97 bits per heavy atom. The van der Waals surface area contributed by atoms with Crippen LogP contribution in [0.3, 0.4) is 0 Å². The molecule has 3 unspecified atom stereocenters. The van der Waals surface area contributed by atoms with Crippen LogP contribution in [0.15, 0.2) is 42.5 Å². The molecule has 0 spiro atoms. The zero-order valence-corrected chi connectivity index (χ0v) is 19.1. The molecule has 1 aliphatic carbocycles. The first-order valence-electron chi connectivity index (χ1n) is 12.1. The number of methoxy groups -OCH3 is 1. The maximum absolute atomic E-state index is 10.6. The van der Waals surface area contributed by atoms with E-state index in [2.05, 4.69) is 30.4 Å². The van der Waals surface area contributed by atoms with Crippen LogP contribution < -0.4 is 10.1 Å². The molecule has 6 atom stereocenters. The summed E-state index contributed by atoms with van der Waals surface area (Å²) in [6, 6.07) is 14.6. The number of hydrogen-bond acceptors (Lipinski definition) is 5. The van der Waals surface area contributed by atoms with Gasteiger partial charge in [-0.1, -0.05) is 49.7 Å². The minimum Gasteiger partial charge on any atom is -0.504 e. The zero-order valence-electron chi connectivity index (χ0n) is 19.1. The molecule has 172 valence electrons. The van der Waals surface area contributed by atoms with Crippen LogP contribution in [-0.2, 0) is 22.5 Å². The van der Waals surface area contributed by atoms with Crippen molar-refractivity contribution in [3.8, 4) is 11.5 Å². The number of fused-ring (bicyclic) bond motifs is 5. The highest BCUT2D eigenvalue weighted by Gasteiger charge is 2.47. The van der Waals surface area contributed by atoms with Crippen LogP contribution in [0.1, 0.15) is 48.8 Å². The molecule has 4 aliphatic rings. The standard InChI is InChI=1S/C27H35NO4/c1-3-18-13-20(16-31-15-17-7-5-4-6-8-17)25(30-2)26-21-11-12-28-22(18)14-19-9-10-23(29)27(32-26)24(19)21/h4-10,18,20-22,25-26,28-29H,3,11-16H2,1-2H3/t18?,20-,21-,22?,25?,26-/m1/s1. The summed E-state index contributed by atoms with van der Waals surface area (Å²) in [7, 11) is 1.80. The highest BCUT2D eigenvalue weighted by molar-refractivity contribution is 5.55. The average molecular weight is 438 g/mol. The van der Waals surface area contributed by atoms with Crippen LogP contribution in [0.5, 0.6) is 11.5 Å². The smallest absolute Gasteiger partial charge is 0.165 e. The van der Waals surface area contributed by atoms with Gasteiger partial charge in [-0.25, -0.2) is 0 Å². The van der Waals surface area contributed by atoms with Gasteiger partial charge in [0.2, 0.25) is 0 Å². The number of phenolic OH excluding ortho intramolecular Hbond substituents is 1. The third-order valence-electron chi connectivity index (χ3n) is 7.79. The second-order valence-electron chi connectivity index (χ2n) is 9.59. The lowest BCUT2D eigenvalue weighted by atomic mass is 9.73. The minimum absolute atomic E-state index is 0.0821. The van der Waals surface area contributed by atoms with E-state index in [0.29, 0.717) is 30.9 Å². The van der Waals surface area contributed by atoms with Crippen molar-refractivity contribution in [2.45, 2.75) is 63.4 Å². The first kappa shape index (κ1) is 21.7. The van der Waals surface area contributed by atoms with E-state index in [-0.39, 0.29) is 29.8 Å². The predicted molar refractivity (Wildman–Crippen MR) is 124 cm³/mol. The summed E-state index contributed by atoms with van der Waals surface area (Å²) in [6.45, 7) is 4.50. The lowest BCUT2D eigenvalue weighted by Crippen LogP contribution is -2.49. The molecule has 0 amide bonds. The SMILES string of the molecule is CCC1C[C@H](COCc2ccccc2)C(OC)[C@@H]2Oc3c(O)ccc4c3[C@H]2CCNC1C4.